The van der Waals surface area contributed by atoms with Crippen molar-refractivity contribution in [1.29, 1.82) is 0 Å². The van der Waals surface area contributed by atoms with Gasteiger partial charge in [-0.05, 0) is 167 Å². The number of para-hydroxylation sites is 6. The summed E-state index contributed by atoms with van der Waals surface area (Å²) >= 11 is 0. The first kappa shape index (κ1) is 56.3. The quantitative estimate of drug-likeness (QED) is 0.135. The molecule has 5 nitrogen and oxygen atoms in total. The number of nitrogens with zero attached hydrogens (tertiary/aromatic N) is 4. The zero-order valence-electron chi connectivity index (χ0n) is 54.5. The lowest BCUT2D eigenvalue weighted by atomic mass is 9.33. The molecule has 3 fully saturated rings. The van der Waals surface area contributed by atoms with Crippen LogP contribution < -0.4 is 26.2 Å². The Hall–Kier alpha value is -10.0. The van der Waals surface area contributed by atoms with Gasteiger partial charge in [0.1, 0.15) is 11.2 Å². The van der Waals surface area contributed by atoms with Gasteiger partial charge in [0.15, 0.2) is 0 Å². The molecule has 2 aliphatic heterocycles. The minimum Gasteiger partial charge on any atom is -0.456 e. The van der Waals surface area contributed by atoms with Gasteiger partial charge in [0.05, 0.1) is 27.8 Å². The molecule has 0 radical (unpaired) electrons. The minimum absolute atomic E-state index is 0.104. The van der Waals surface area contributed by atoms with E-state index in [0.29, 0.717) is 29.7 Å². The van der Waals surface area contributed by atoms with Crippen LogP contribution in [0.5, 0.6) is 0 Å². The van der Waals surface area contributed by atoms with Gasteiger partial charge >= 0.3 is 0 Å². The van der Waals surface area contributed by atoms with Gasteiger partial charge in [0, 0.05) is 83.6 Å². The lowest BCUT2D eigenvalue weighted by Crippen LogP contribution is -2.64. The van der Waals surface area contributed by atoms with Crippen molar-refractivity contribution in [2.45, 2.75) is 102 Å². The molecule has 4 aliphatic carbocycles. The summed E-state index contributed by atoms with van der Waals surface area (Å²) in [6.45, 7) is -0.104. The number of fused-ring (bicyclic) bond motifs is 13. The zero-order chi connectivity index (χ0) is 63.0. The Labute approximate surface area is 562 Å². The van der Waals surface area contributed by atoms with Crippen LogP contribution in [0.3, 0.4) is 0 Å². The molecular weight excluding hydrogens is 1160 g/mol. The summed E-state index contributed by atoms with van der Waals surface area (Å²) in [4.78, 5) is 5.91. The van der Waals surface area contributed by atoms with E-state index in [-0.39, 0.29) is 6.71 Å². The van der Waals surface area contributed by atoms with Gasteiger partial charge in [0.2, 0.25) is 0 Å². The Bertz CT molecular complexity index is 5360. The molecule has 96 heavy (non-hydrogen) atoms. The maximum atomic E-state index is 6.68. The van der Waals surface area contributed by atoms with E-state index >= 15 is 0 Å². The Morgan fingerprint density at radius 3 is 1.52 bits per heavy atom. The van der Waals surface area contributed by atoms with Gasteiger partial charge in [0.25, 0.3) is 6.71 Å². The number of hydrogen-bond acceptors (Lipinski definition) is 3. The molecule has 0 N–H and O–H groups in total. The summed E-state index contributed by atoms with van der Waals surface area (Å²) in [5.74, 6) is 2.47. The van der Waals surface area contributed by atoms with Crippen LogP contribution in [0.15, 0.2) is 259 Å². The lowest BCUT2D eigenvalue weighted by Gasteiger charge is -2.55. The minimum atomic E-state index is -0.104. The second-order valence-electron chi connectivity index (χ2n) is 28.9. The highest BCUT2D eigenvalue weighted by molar-refractivity contribution is 7.00. The summed E-state index contributed by atoms with van der Waals surface area (Å²) in [7, 11) is 0. The van der Waals surface area contributed by atoms with E-state index in [4.69, 9.17) is 4.42 Å². The number of rotatable bonds is 9. The molecular formula is C90H77BN4O. The molecule has 0 saturated heterocycles. The highest BCUT2D eigenvalue weighted by Gasteiger charge is 2.51. The average molecular weight is 1240 g/mol. The first-order valence-electron chi connectivity index (χ1n) is 36.2. The third-order valence-electron chi connectivity index (χ3n) is 23.9. The van der Waals surface area contributed by atoms with E-state index in [0.717, 1.165) is 40.5 Å². The zero-order valence-corrected chi connectivity index (χ0v) is 54.5. The van der Waals surface area contributed by atoms with Crippen LogP contribution in [0.4, 0.5) is 28.4 Å². The number of benzene rings is 11. The molecule has 20 rings (SSSR count). The normalized spacial score (nSPS) is 19.0. The van der Waals surface area contributed by atoms with Crippen molar-refractivity contribution in [3.05, 3.63) is 260 Å². The van der Waals surface area contributed by atoms with Crippen molar-refractivity contribution in [3.63, 3.8) is 0 Å². The van der Waals surface area contributed by atoms with Crippen LogP contribution in [0.1, 0.15) is 102 Å². The summed E-state index contributed by atoms with van der Waals surface area (Å²) in [6, 6.07) is 91.5. The third kappa shape index (κ3) is 8.82. The molecule has 0 spiro atoms. The summed E-state index contributed by atoms with van der Waals surface area (Å²) in [6.07, 6.45) is 26.6. The maximum Gasteiger partial charge on any atom is 0.252 e. The second-order valence-corrected chi connectivity index (χ2v) is 28.9. The molecule has 3 saturated carbocycles. The van der Waals surface area contributed by atoms with Gasteiger partial charge in [-0.25, -0.2) is 0 Å². The van der Waals surface area contributed by atoms with Crippen LogP contribution in [0.2, 0.25) is 0 Å². The molecule has 3 aromatic heterocycles. The van der Waals surface area contributed by atoms with Gasteiger partial charge in [-0.2, -0.15) is 0 Å². The van der Waals surface area contributed by atoms with E-state index in [1.165, 1.54) is 211 Å². The van der Waals surface area contributed by atoms with Crippen molar-refractivity contribution in [2.24, 2.45) is 23.7 Å². The molecule has 0 amide bonds. The largest absolute Gasteiger partial charge is 0.456 e. The van der Waals surface area contributed by atoms with Crippen LogP contribution in [-0.4, -0.2) is 21.9 Å². The first-order valence-corrected chi connectivity index (χ1v) is 36.2. The van der Waals surface area contributed by atoms with Gasteiger partial charge in [-0.15, -0.1) is 0 Å². The Morgan fingerprint density at radius 2 is 0.906 bits per heavy atom. The number of allylic oxidation sites excluding steroid dienone is 4. The van der Waals surface area contributed by atoms with Crippen molar-refractivity contribution < 1.29 is 4.42 Å². The van der Waals surface area contributed by atoms with Crippen LogP contribution in [0, 0.1) is 23.7 Å². The molecule has 6 heteroatoms. The summed E-state index contributed by atoms with van der Waals surface area (Å²) < 4.78 is 11.8. The van der Waals surface area contributed by atoms with Crippen LogP contribution in [0.25, 0.3) is 105 Å². The molecule has 466 valence electrons. The predicted molar refractivity (Wildman–Crippen MR) is 405 cm³/mol. The van der Waals surface area contributed by atoms with Crippen molar-refractivity contribution >= 4 is 123 Å². The summed E-state index contributed by atoms with van der Waals surface area (Å²) in [5.41, 5.74) is 27.1. The Balaban J connectivity index is 0.942. The van der Waals surface area contributed by atoms with E-state index in [2.05, 4.69) is 274 Å². The van der Waals surface area contributed by atoms with Crippen LogP contribution >= 0.6 is 0 Å². The number of hydrogen-bond donors (Lipinski definition) is 0. The smallest absolute Gasteiger partial charge is 0.252 e. The topological polar surface area (TPSA) is 29.5 Å². The highest BCUT2D eigenvalue weighted by Crippen LogP contribution is 2.55. The highest BCUT2D eigenvalue weighted by atomic mass is 16.3. The van der Waals surface area contributed by atoms with Crippen molar-refractivity contribution in [1.82, 2.24) is 9.13 Å². The van der Waals surface area contributed by atoms with Crippen LogP contribution in [-0.2, 0) is 0 Å². The van der Waals surface area contributed by atoms with E-state index in [1.54, 1.807) is 0 Å². The molecule has 2 atom stereocenters. The van der Waals surface area contributed by atoms with Crippen molar-refractivity contribution in [3.8, 4) is 33.6 Å². The molecule has 0 bridgehead atoms. The number of aromatic nitrogens is 2. The maximum absolute atomic E-state index is 6.68. The van der Waals surface area contributed by atoms with Gasteiger partial charge in [-0.1, -0.05) is 247 Å². The predicted octanol–water partition coefficient (Wildman–Crippen LogP) is 22.5. The van der Waals surface area contributed by atoms with Crippen molar-refractivity contribution in [2.75, 3.05) is 9.80 Å². The molecule has 2 unspecified atom stereocenters. The number of anilines is 5. The fourth-order valence-corrected chi connectivity index (χ4v) is 19.8. The molecule has 14 aromatic rings. The van der Waals surface area contributed by atoms with E-state index < -0.39 is 0 Å². The van der Waals surface area contributed by atoms with Gasteiger partial charge in [-0.3, -0.25) is 0 Å². The molecule has 11 aromatic carbocycles. The summed E-state index contributed by atoms with van der Waals surface area (Å²) in [5, 5.41) is 7.41. The Kier molecular flexibility index (Phi) is 13.4. The SMILES string of the molecule is C1=CC(c2cccc(-c3ccccc3)c2N2c3cc(-n4c5ccccc5c5ccccc54)ccc3B3c4ccc(-n5c6ccccc6c6ccccc65)cc4N(C4C(C5CCCCC5)CCCC4C4CCCCC4)c4cc(-c5ccc6oc7ccccc7c6c5)cc2c43)=CCC1. The first-order chi connectivity index (χ1) is 47.7. The second kappa shape index (κ2) is 22.8. The van der Waals surface area contributed by atoms with E-state index in [9.17, 15) is 0 Å². The monoisotopic (exact) mass is 1240 g/mol. The number of furan rings is 1. The lowest BCUT2D eigenvalue weighted by molar-refractivity contribution is 0.0839. The molecule has 6 aliphatic rings. The molecule has 5 heterocycles. The average Bonchev–Trinajstić information content (AvgIpc) is 0.811. The Morgan fingerprint density at radius 1 is 0.365 bits per heavy atom. The standard InChI is InChI=1S/C90H77BN4O/c1-5-25-58(26-6-1)66-38-23-39-67(59-27-7-2-8-28-59)89(66)94-82-56-64(92-78-42-18-13-33-70(78)71-34-14-19-43-79(71)92)48-50-76(82)91-77-51-49-65(93-80-44-20-15-35-72(80)73-36-16-21-45-81(73)93)57-83(77)95(90-68(60-29-9-3-10-30-60)40-24-41-69(90)61-31-11-4-12-32-61)85-55-63(54-84(94)88(85)91)62-47-52-87-75(53-62)74-37-17-22-46-86(74)96-87/h1,5-7,13-23,25-28,33-39,42-57,60-61,68-69,90H,2-4,8-12,24,29-32,40-41H2. The fraction of sp³-hybridized carbons (Fsp3) is 0.222. The fourth-order valence-electron chi connectivity index (χ4n) is 19.8. The third-order valence-corrected chi connectivity index (χ3v) is 23.9. The van der Waals surface area contributed by atoms with Gasteiger partial charge < -0.3 is 23.4 Å². The van der Waals surface area contributed by atoms with E-state index in [1.807, 2.05) is 0 Å².